The number of H-pyrrole nitrogens is 1. The minimum atomic E-state index is -0.259. The topological polar surface area (TPSA) is 126 Å². The van der Waals surface area contributed by atoms with Gasteiger partial charge in [0.05, 0.1) is 23.8 Å². The summed E-state index contributed by atoms with van der Waals surface area (Å²) in [5, 5.41) is 13.4. The van der Waals surface area contributed by atoms with Crippen LogP contribution in [0.2, 0.25) is 0 Å². The highest BCUT2D eigenvalue weighted by molar-refractivity contribution is 7.14. The number of aromatic amines is 1. The second kappa shape index (κ2) is 11.5. The minimum Gasteiger partial charge on any atom is -0.457 e. The molecule has 6 rings (SSSR count). The van der Waals surface area contributed by atoms with Crippen molar-refractivity contribution < 1.29 is 14.3 Å². The van der Waals surface area contributed by atoms with E-state index in [1.54, 1.807) is 35.9 Å². The smallest absolute Gasteiger partial charge is 0.251 e. The molecule has 5 aromatic rings. The van der Waals surface area contributed by atoms with Crippen molar-refractivity contribution in [3.05, 3.63) is 82.9 Å². The molecule has 11 heteroatoms. The number of carbonyl (C=O) groups excluding carboxylic acids is 2. The van der Waals surface area contributed by atoms with Gasteiger partial charge in [-0.2, -0.15) is 0 Å². The van der Waals surface area contributed by atoms with Crippen LogP contribution in [-0.4, -0.2) is 48.4 Å². The third kappa shape index (κ3) is 5.94. The summed E-state index contributed by atoms with van der Waals surface area (Å²) in [4.78, 5) is 39.0. The number of likely N-dealkylation sites (tertiary alicyclic amines) is 1. The van der Waals surface area contributed by atoms with E-state index in [1.165, 1.54) is 0 Å². The van der Waals surface area contributed by atoms with Crippen molar-refractivity contribution in [1.82, 2.24) is 35.4 Å². The van der Waals surface area contributed by atoms with Crippen molar-refractivity contribution in [2.24, 2.45) is 0 Å². The molecule has 208 valence electrons. The van der Waals surface area contributed by atoms with E-state index >= 15 is 0 Å². The van der Waals surface area contributed by atoms with Crippen LogP contribution in [0.1, 0.15) is 59.4 Å². The lowest BCUT2D eigenvalue weighted by molar-refractivity contribution is -0.128. The van der Waals surface area contributed by atoms with Gasteiger partial charge in [0.1, 0.15) is 27.3 Å². The van der Waals surface area contributed by atoms with Gasteiger partial charge < -0.3 is 19.9 Å². The molecule has 10 nitrogen and oxygen atoms in total. The molecule has 0 aliphatic carbocycles. The summed E-state index contributed by atoms with van der Waals surface area (Å²) in [6.07, 6.45) is 4.78. The van der Waals surface area contributed by atoms with Gasteiger partial charge >= 0.3 is 0 Å². The van der Waals surface area contributed by atoms with Gasteiger partial charge in [-0.3, -0.25) is 14.6 Å². The SMILES string of the molecule is CC(C)c1nnc(-c2ccc(Oc3cc(C(=O)NCc4nc5ccncc5[nH]4)ccc3CN3CCCC3=O)cc2)s1. The molecule has 3 aromatic heterocycles. The number of rotatable bonds is 9. The monoisotopic (exact) mass is 567 g/mol. The van der Waals surface area contributed by atoms with Crippen LogP contribution < -0.4 is 10.1 Å². The van der Waals surface area contributed by atoms with Gasteiger partial charge in [0.25, 0.3) is 5.91 Å². The van der Waals surface area contributed by atoms with E-state index in [-0.39, 0.29) is 18.4 Å². The fraction of sp³-hybridized carbons (Fsp3) is 0.267. The van der Waals surface area contributed by atoms with Gasteiger partial charge in [0.2, 0.25) is 5.91 Å². The van der Waals surface area contributed by atoms with Crippen LogP contribution in [0.4, 0.5) is 0 Å². The fourth-order valence-corrected chi connectivity index (χ4v) is 5.49. The zero-order chi connectivity index (χ0) is 28.3. The molecular weight excluding hydrogens is 538 g/mol. The quantitative estimate of drug-likeness (QED) is 0.243. The molecule has 0 radical (unpaired) electrons. The van der Waals surface area contributed by atoms with Gasteiger partial charge in [-0.1, -0.05) is 31.3 Å². The Morgan fingerprint density at radius 1 is 1.15 bits per heavy atom. The Hall–Kier alpha value is -4.64. The predicted molar refractivity (Wildman–Crippen MR) is 156 cm³/mol. The minimum absolute atomic E-state index is 0.126. The maximum Gasteiger partial charge on any atom is 0.251 e. The molecule has 1 aliphatic heterocycles. The molecular formula is C30H29N7O3S. The van der Waals surface area contributed by atoms with Crippen LogP contribution in [0, 0.1) is 0 Å². The van der Waals surface area contributed by atoms with E-state index in [9.17, 15) is 9.59 Å². The molecule has 0 bridgehead atoms. The first-order valence-electron chi connectivity index (χ1n) is 13.5. The lowest BCUT2D eigenvalue weighted by Crippen LogP contribution is -2.25. The average molecular weight is 568 g/mol. The largest absolute Gasteiger partial charge is 0.457 e. The molecule has 1 aliphatic rings. The van der Waals surface area contributed by atoms with E-state index in [0.717, 1.165) is 38.6 Å². The van der Waals surface area contributed by atoms with Crippen molar-refractivity contribution >= 4 is 34.2 Å². The normalized spacial score (nSPS) is 13.3. The van der Waals surface area contributed by atoms with Crippen LogP contribution in [0.3, 0.4) is 0 Å². The first-order valence-corrected chi connectivity index (χ1v) is 14.3. The van der Waals surface area contributed by atoms with E-state index in [1.807, 2.05) is 41.3 Å². The molecule has 2 aromatic carbocycles. The third-order valence-electron chi connectivity index (χ3n) is 6.87. The molecule has 0 unspecified atom stereocenters. The number of nitrogens with zero attached hydrogens (tertiary/aromatic N) is 5. The summed E-state index contributed by atoms with van der Waals surface area (Å²) >= 11 is 1.58. The van der Waals surface area contributed by atoms with Crippen molar-refractivity contribution in [1.29, 1.82) is 0 Å². The highest BCUT2D eigenvalue weighted by atomic mass is 32.1. The van der Waals surface area contributed by atoms with E-state index in [4.69, 9.17) is 4.74 Å². The number of ether oxygens (including phenoxy) is 1. The van der Waals surface area contributed by atoms with E-state index < -0.39 is 0 Å². The van der Waals surface area contributed by atoms with Gasteiger partial charge in [-0.25, -0.2) is 4.98 Å². The van der Waals surface area contributed by atoms with Crippen LogP contribution in [0.5, 0.6) is 11.5 Å². The zero-order valence-corrected chi connectivity index (χ0v) is 23.6. The molecule has 2 N–H and O–H groups in total. The molecule has 0 atom stereocenters. The van der Waals surface area contributed by atoms with Crippen molar-refractivity contribution in [2.75, 3.05) is 6.54 Å². The maximum absolute atomic E-state index is 13.1. The predicted octanol–water partition coefficient (Wildman–Crippen LogP) is 5.44. The van der Waals surface area contributed by atoms with Crippen LogP contribution in [0.25, 0.3) is 21.6 Å². The van der Waals surface area contributed by atoms with Crippen molar-refractivity contribution in [2.45, 2.75) is 45.7 Å². The Kier molecular flexibility index (Phi) is 7.43. The lowest BCUT2D eigenvalue weighted by atomic mass is 10.1. The number of pyridine rings is 1. The molecule has 2 amide bonds. The summed E-state index contributed by atoms with van der Waals surface area (Å²) in [5.41, 5.74) is 3.83. The summed E-state index contributed by atoms with van der Waals surface area (Å²) in [5.74, 6) is 1.97. The van der Waals surface area contributed by atoms with Gasteiger partial charge in [-0.05, 0) is 48.9 Å². The first kappa shape index (κ1) is 26.6. The number of imidazole rings is 1. The Balaban J connectivity index is 1.21. The Morgan fingerprint density at radius 3 is 2.73 bits per heavy atom. The standard InChI is InChI=1S/C30H29N7O3S/c1-18(2)29-35-36-30(41-29)19-7-9-22(10-8-19)40-25-14-20(5-6-21(25)17-37-13-3-4-27(37)38)28(39)32-16-26-33-23-11-12-31-15-24(23)34-26/h5-12,14-15,18H,3-4,13,16-17H2,1-2H3,(H,32,39)(H,33,34). The van der Waals surface area contributed by atoms with Crippen LogP contribution in [0.15, 0.2) is 60.9 Å². The number of fused-ring (bicyclic) bond motifs is 1. The highest BCUT2D eigenvalue weighted by Crippen LogP contribution is 2.32. The Bertz CT molecular complexity index is 1680. The van der Waals surface area contributed by atoms with Gasteiger partial charge in [-0.15, -0.1) is 10.2 Å². The van der Waals surface area contributed by atoms with Crippen LogP contribution >= 0.6 is 11.3 Å². The summed E-state index contributed by atoms with van der Waals surface area (Å²) in [7, 11) is 0. The summed E-state index contributed by atoms with van der Waals surface area (Å²) in [6, 6.07) is 14.8. The Labute approximate surface area is 240 Å². The zero-order valence-electron chi connectivity index (χ0n) is 22.8. The van der Waals surface area contributed by atoms with Crippen molar-refractivity contribution in [3.8, 4) is 22.1 Å². The molecule has 0 spiro atoms. The fourth-order valence-electron chi connectivity index (χ4n) is 4.63. The number of hydrogen-bond donors (Lipinski definition) is 2. The molecule has 1 fully saturated rings. The van der Waals surface area contributed by atoms with Gasteiger partial charge in [0, 0.05) is 48.3 Å². The number of nitrogens with one attached hydrogen (secondary N) is 2. The van der Waals surface area contributed by atoms with Crippen LogP contribution in [-0.2, 0) is 17.9 Å². The maximum atomic E-state index is 13.1. The van der Waals surface area contributed by atoms with E-state index in [0.29, 0.717) is 48.3 Å². The number of hydrogen-bond acceptors (Lipinski definition) is 8. The Morgan fingerprint density at radius 2 is 2.00 bits per heavy atom. The molecule has 0 saturated carbocycles. The number of carbonyl (C=O) groups is 2. The average Bonchev–Trinajstić information content (AvgIpc) is 3.73. The highest BCUT2D eigenvalue weighted by Gasteiger charge is 2.22. The summed E-state index contributed by atoms with van der Waals surface area (Å²) < 4.78 is 6.31. The second-order valence-electron chi connectivity index (χ2n) is 10.2. The van der Waals surface area contributed by atoms with E-state index in [2.05, 4.69) is 44.3 Å². The third-order valence-corrected chi connectivity index (χ3v) is 8.15. The summed E-state index contributed by atoms with van der Waals surface area (Å²) in [6.45, 7) is 5.56. The lowest BCUT2D eigenvalue weighted by Gasteiger charge is -2.19. The second-order valence-corrected chi connectivity index (χ2v) is 11.2. The van der Waals surface area contributed by atoms with Crippen molar-refractivity contribution in [3.63, 3.8) is 0 Å². The molecule has 41 heavy (non-hydrogen) atoms. The number of benzene rings is 2. The first-order chi connectivity index (χ1) is 19.9. The molecule has 4 heterocycles. The molecule has 1 saturated heterocycles. The number of amides is 2. The number of aromatic nitrogens is 5. The van der Waals surface area contributed by atoms with Gasteiger partial charge in [0.15, 0.2) is 0 Å².